The zero-order valence-electron chi connectivity index (χ0n) is 43.5. The second-order valence-electron chi connectivity index (χ2n) is 18.4. The molecule has 0 heterocycles. The smallest absolute Gasteiger partial charge is 0.306 e. The number of hydrogen-bond acceptors (Lipinski definition) is 5. The second-order valence-corrected chi connectivity index (χ2v) is 18.4. The molecule has 0 aromatic heterocycles. The van der Waals surface area contributed by atoms with Gasteiger partial charge in [0.15, 0.2) is 0 Å². The molecule has 0 aliphatic rings. The Labute approximate surface area is 413 Å². The van der Waals surface area contributed by atoms with Crippen molar-refractivity contribution >= 4 is 11.9 Å². The Kier molecular flexibility index (Phi) is 50.7. The van der Waals surface area contributed by atoms with E-state index < -0.39 is 18.2 Å². The largest absolute Gasteiger partial charge is 0.462 e. The highest BCUT2D eigenvalue weighted by atomic mass is 16.5. The number of unbranched alkanes of at least 4 members (excludes halogenated alkanes) is 22. The van der Waals surface area contributed by atoms with Crippen LogP contribution in [-0.2, 0) is 14.3 Å². The predicted octanol–water partition coefficient (Wildman–Crippen LogP) is 17.1. The van der Waals surface area contributed by atoms with Gasteiger partial charge in [-0.3, -0.25) is 9.59 Å². The maximum absolute atomic E-state index is 13.2. The number of allylic oxidation sites excluding steroid dienone is 18. The number of ether oxygens (including phenoxy) is 1. The number of carbonyl (C=O) groups excluding carboxylic acids is 2. The van der Waals surface area contributed by atoms with Gasteiger partial charge in [-0.15, -0.1) is 0 Å². The van der Waals surface area contributed by atoms with Gasteiger partial charge in [-0.2, -0.15) is 0 Å². The summed E-state index contributed by atoms with van der Waals surface area (Å²) in [7, 11) is 0. The van der Waals surface area contributed by atoms with Crippen LogP contribution in [0.1, 0.15) is 239 Å². The van der Waals surface area contributed by atoms with Gasteiger partial charge in [0, 0.05) is 6.42 Å². The summed E-state index contributed by atoms with van der Waals surface area (Å²) in [6, 6.07) is -0.730. The van der Waals surface area contributed by atoms with Crippen LogP contribution in [0.25, 0.3) is 0 Å². The fourth-order valence-electron chi connectivity index (χ4n) is 7.74. The van der Waals surface area contributed by atoms with Crippen LogP contribution in [0.2, 0.25) is 0 Å². The van der Waals surface area contributed by atoms with Crippen molar-refractivity contribution in [2.75, 3.05) is 6.61 Å². The number of rotatable bonds is 48. The third-order valence-electron chi connectivity index (χ3n) is 11.9. The summed E-state index contributed by atoms with van der Waals surface area (Å²) in [5, 5.41) is 23.8. The molecular formula is C61H103NO5. The SMILES string of the molecule is CCC/C=C/C=C/C=C/C=C/C=C/CCCCCC(CC(=O)NC(CO)C(O)CCCCCCCCCCCCCCC)OC(=O)CCCCC/C=C\C/C=C\C/C=C\C/C=C\CCCCC. The Balaban J connectivity index is 4.75. The summed E-state index contributed by atoms with van der Waals surface area (Å²) < 4.78 is 5.92. The average molecular weight is 930 g/mol. The molecule has 0 aromatic rings. The molecule has 0 fully saturated rings. The Hall–Kier alpha value is -3.48. The highest BCUT2D eigenvalue weighted by Crippen LogP contribution is 2.17. The van der Waals surface area contributed by atoms with Gasteiger partial charge in [-0.05, 0) is 89.9 Å². The van der Waals surface area contributed by atoms with E-state index in [0.29, 0.717) is 19.3 Å². The van der Waals surface area contributed by atoms with Crippen LogP contribution in [0.3, 0.4) is 0 Å². The van der Waals surface area contributed by atoms with Gasteiger partial charge in [0.05, 0.1) is 25.2 Å². The summed E-state index contributed by atoms with van der Waals surface area (Å²) in [4.78, 5) is 26.2. The highest BCUT2D eigenvalue weighted by Gasteiger charge is 2.24. The number of aliphatic hydroxyl groups is 2. The van der Waals surface area contributed by atoms with E-state index in [1.807, 2.05) is 36.5 Å². The molecule has 6 heteroatoms. The van der Waals surface area contributed by atoms with Crippen molar-refractivity contribution in [2.24, 2.45) is 0 Å². The fourth-order valence-corrected chi connectivity index (χ4v) is 7.74. The van der Waals surface area contributed by atoms with Crippen LogP contribution < -0.4 is 5.32 Å². The summed E-state index contributed by atoms with van der Waals surface area (Å²) >= 11 is 0. The molecule has 0 spiro atoms. The van der Waals surface area contributed by atoms with Crippen LogP contribution in [0, 0.1) is 0 Å². The first kappa shape index (κ1) is 63.5. The number of nitrogens with one attached hydrogen (secondary N) is 1. The molecule has 3 N–H and O–H groups in total. The molecule has 0 saturated carbocycles. The average Bonchev–Trinajstić information content (AvgIpc) is 3.32. The molecular weight excluding hydrogens is 827 g/mol. The quantitative estimate of drug-likeness (QED) is 0.0244. The first-order valence-electron chi connectivity index (χ1n) is 27.7. The van der Waals surface area contributed by atoms with Crippen molar-refractivity contribution in [2.45, 2.75) is 257 Å². The predicted molar refractivity (Wildman–Crippen MR) is 291 cm³/mol. The maximum Gasteiger partial charge on any atom is 0.306 e. The van der Waals surface area contributed by atoms with Crippen LogP contribution >= 0.6 is 0 Å². The van der Waals surface area contributed by atoms with Gasteiger partial charge >= 0.3 is 5.97 Å². The first-order chi connectivity index (χ1) is 33.0. The maximum atomic E-state index is 13.2. The summed E-state index contributed by atoms with van der Waals surface area (Å²) in [6.07, 6.45) is 72.8. The molecule has 3 unspecified atom stereocenters. The Morgan fingerprint density at radius 1 is 0.448 bits per heavy atom. The van der Waals surface area contributed by atoms with Crippen LogP contribution in [0.4, 0.5) is 0 Å². The summed E-state index contributed by atoms with van der Waals surface area (Å²) in [6.45, 7) is 6.35. The molecule has 0 aromatic carbocycles. The molecule has 382 valence electrons. The normalized spacial score (nSPS) is 14.0. The topological polar surface area (TPSA) is 95.9 Å². The number of carbonyl (C=O) groups is 2. The van der Waals surface area contributed by atoms with E-state index in [2.05, 4.69) is 99.0 Å². The van der Waals surface area contributed by atoms with E-state index >= 15 is 0 Å². The molecule has 0 radical (unpaired) electrons. The van der Waals surface area contributed by atoms with Gasteiger partial charge < -0.3 is 20.3 Å². The van der Waals surface area contributed by atoms with Crippen molar-refractivity contribution in [1.29, 1.82) is 0 Å². The molecule has 0 saturated heterocycles. The Morgan fingerprint density at radius 3 is 1.37 bits per heavy atom. The zero-order valence-corrected chi connectivity index (χ0v) is 43.5. The van der Waals surface area contributed by atoms with E-state index in [1.54, 1.807) is 0 Å². The second kappa shape index (κ2) is 53.5. The van der Waals surface area contributed by atoms with Crippen LogP contribution in [0.5, 0.6) is 0 Å². The van der Waals surface area contributed by atoms with Gasteiger partial charge in [0.1, 0.15) is 6.10 Å². The van der Waals surface area contributed by atoms with Crippen LogP contribution in [-0.4, -0.2) is 46.9 Å². The number of esters is 1. The van der Waals surface area contributed by atoms with Gasteiger partial charge in [-0.1, -0.05) is 246 Å². The fraction of sp³-hybridized carbons (Fsp3) is 0.672. The van der Waals surface area contributed by atoms with Gasteiger partial charge in [-0.25, -0.2) is 0 Å². The summed E-state index contributed by atoms with van der Waals surface area (Å²) in [5.41, 5.74) is 0. The van der Waals surface area contributed by atoms with Crippen molar-refractivity contribution < 1.29 is 24.5 Å². The lowest BCUT2D eigenvalue weighted by Crippen LogP contribution is -2.46. The Bertz CT molecular complexity index is 1370. The molecule has 0 bridgehead atoms. The molecule has 0 aliphatic carbocycles. The lowest BCUT2D eigenvalue weighted by molar-refractivity contribution is -0.151. The standard InChI is InChI=1S/C61H103NO5/c1-4-7-10-13-16-19-22-25-27-29-30-31-33-36-39-42-45-48-51-54-61(66)67-57(52-49-46-43-40-37-35-32-28-26-23-20-17-14-11-8-5-2)55-60(65)62-58(56-63)59(64)53-50-47-44-41-38-34-24-21-18-15-12-9-6-3/h11,14,16-17,19-20,23,25-28,30-32,35-37,39,57-59,63-64H,4-10,12-13,15,18,21-22,24,29,33-34,38,40-56H2,1-3H3,(H,62,65)/b14-11+,19-16-,20-17+,26-23+,27-25-,31-30-,32-28+,37-35+,39-36-. The van der Waals surface area contributed by atoms with E-state index in [1.165, 1.54) is 89.9 Å². The molecule has 67 heavy (non-hydrogen) atoms. The van der Waals surface area contributed by atoms with Crippen LogP contribution in [0.15, 0.2) is 109 Å². The van der Waals surface area contributed by atoms with E-state index in [9.17, 15) is 19.8 Å². The summed E-state index contributed by atoms with van der Waals surface area (Å²) in [5.74, 6) is -0.559. The third kappa shape index (κ3) is 48.8. The Morgan fingerprint density at radius 2 is 0.851 bits per heavy atom. The minimum atomic E-state index is -0.813. The van der Waals surface area contributed by atoms with E-state index in [4.69, 9.17) is 4.74 Å². The third-order valence-corrected chi connectivity index (χ3v) is 11.9. The lowest BCUT2D eigenvalue weighted by Gasteiger charge is -2.24. The number of amides is 1. The first-order valence-corrected chi connectivity index (χ1v) is 27.7. The minimum Gasteiger partial charge on any atom is -0.462 e. The number of aliphatic hydroxyl groups excluding tert-OH is 2. The monoisotopic (exact) mass is 930 g/mol. The van der Waals surface area contributed by atoms with E-state index in [0.717, 1.165) is 103 Å². The molecule has 1 amide bonds. The molecule has 0 aliphatic heterocycles. The van der Waals surface area contributed by atoms with Crippen molar-refractivity contribution in [3.63, 3.8) is 0 Å². The zero-order chi connectivity index (χ0) is 48.8. The minimum absolute atomic E-state index is 0.0300. The van der Waals surface area contributed by atoms with Gasteiger partial charge in [0.2, 0.25) is 5.91 Å². The molecule has 6 nitrogen and oxygen atoms in total. The number of hydrogen-bond donors (Lipinski definition) is 3. The molecule has 3 atom stereocenters. The van der Waals surface area contributed by atoms with Gasteiger partial charge in [0.25, 0.3) is 0 Å². The van der Waals surface area contributed by atoms with E-state index in [-0.39, 0.29) is 24.9 Å². The van der Waals surface area contributed by atoms with Crippen molar-refractivity contribution in [3.05, 3.63) is 109 Å². The van der Waals surface area contributed by atoms with Crippen molar-refractivity contribution in [1.82, 2.24) is 5.32 Å². The highest BCUT2D eigenvalue weighted by molar-refractivity contribution is 5.77. The van der Waals surface area contributed by atoms with Crippen molar-refractivity contribution in [3.8, 4) is 0 Å². The lowest BCUT2D eigenvalue weighted by atomic mass is 10.0. The molecule has 0 rings (SSSR count).